The molecule has 2 aromatic heterocycles. The SMILES string of the molecule is Clc1nccc2n[nH]c(C3CCCCC3)c12. The van der Waals surface area contributed by atoms with Crippen LogP contribution >= 0.6 is 11.6 Å². The Morgan fingerprint density at radius 3 is 2.88 bits per heavy atom. The smallest absolute Gasteiger partial charge is 0.140 e. The lowest BCUT2D eigenvalue weighted by Crippen LogP contribution is -2.05. The van der Waals surface area contributed by atoms with E-state index in [9.17, 15) is 0 Å². The number of rotatable bonds is 1. The van der Waals surface area contributed by atoms with Gasteiger partial charge in [-0.05, 0) is 18.9 Å². The van der Waals surface area contributed by atoms with Gasteiger partial charge in [-0.2, -0.15) is 5.10 Å². The molecule has 3 nitrogen and oxygen atoms in total. The molecule has 1 aliphatic rings. The number of halogens is 1. The van der Waals surface area contributed by atoms with Crippen molar-refractivity contribution in [3.8, 4) is 0 Å². The first-order valence-electron chi connectivity index (χ1n) is 5.85. The molecule has 1 aliphatic carbocycles. The summed E-state index contributed by atoms with van der Waals surface area (Å²) in [6, 6.07) is 1.91. The second-order valence-corrected chi connectivity index (χ2v) is 4.83. The van der Waals surface area contributed by atoms with Gasteiger partial charge in [0.25, 0.3) is 0 Å². The zero-order valence-corrected chi connectivity index (χ0v) is 9.80. The van der Waals surface area contributed by atoms with Crippen molar-refractivity contribution in [1.29, 1.82) is 0 Å². The van der Waals surface area contributed by atoms with Crippen LogP contribution in [0.2, 0.25) is 5.15 Å². The molecule has 84 valence electrons. The Morgan fingerprint density at radius 1 is 1.25 bits per heavy atom. The zero-order chi connectivity index (χ0) is 11.0. The molecular weight excluding hydrogens is 222 g/mol. The van der Waals surface area contributed by atoms with Crippen molar-refractivity contribution in [2.24, 2.45) is 0 Å². The first-order chi connectivity index (χ1) is 7.86. The van der Waals surface area contributed by atoms with Crippen molar-refractivity contribution in [3.05, 3.63) is 23.1 Å². The van der Waals surface area contributed by atoms with E-state index in [1.807, 2.05) is 6.07 Å². The summed E-state index contributed by atoms with van der Waals surface area (Å²) in [7, 11) is 0. The zero-order valence-electron chi connectivity index (χ0n) is 9.04. The third-order valence-electron chi connectivity index (χ3n) is 3.46. The number of H-pyrrole nitrogens is 1. The van der Waals surface area contributed by atoms with E-state index in [4.69, 9.17) is 11.6 Å². The number of aromatic amines is 1. The summed E-state index contributed by atoms with van der Waals surface area (Å²) in [4.78, 5) is 4.14. The predicted molar refractivity (Wildman–Crippen MR) is 64.7 cm³/mol. The second-order valence-electron chi connectivity index (χ2n) is 4.47. The van der Waals surface area contributed by atoms with E-state index in [0.717, 1.165) is 10.9 Å². The lowest BCUT2D eigenvalue weighted by molar-refractivity contribution is 0.438. The Bertz CT molecular complexity index is 500. The number of hydrogen-bond donors (Lipinski definition) is 1. The molecule has 1 fully saturated rings. The van der Waals surface area contributed by atoms with Crippen LogP contribution in [0.1, 0.15) is 43.7 Å². The van der Waals surface area contributed by atoms with Crippen LogP contribution in [0.15, 0.2) is 12.3 Å². The molecule has 4 heteroatoms. The van der Waals surface area contributed by atoms with Gasteiger partial charge in [0.15, 0.2) is 0 Å². The van der Waals surface area contributed by atoms with E-state index < -0.39 is 0 Å². The highest BCUT2D eigenvalue weighted by Gasteiger charge is 2.21. The minimum Gasteiger partial charge on any atom is -0.281 e. The summed E-state index contributed by atoms with van der Waals surface area (Å²) in [5, 5.41) is 9.05. The fraction of sp³-hybridized carbons (Fsp3) is 0.500. The third-order valence-corrected chi connectivity index (χ3v) is 3.75. The first-order valence-corrected chi connectivity index (χ1v) is 6.22. The lowest BCUT2D eigenvalue weighted by Gasteiger charge is -2.20. The molecule has 0 bridgehead atoms. The van der Waals surface area contributed by atoms with Crippen LogP contribution in [-0.2, 0) is 0 Å². The third kappa shape index (κ3) is 1.59. The van der Waals surface area contributed by atoms with Crippen molar-refractivity contribution in [3.63, 3.8) is 0 Å². The Hall–Kier alpha value is -1.09. The van der Waals surface area contributed by atoms with Gasteiger partial charge in [0.05, 0.1) is 10.9 Å². The van der Waals surface area contributed by atoms with E-state index in [2.05, 4.69) is 15.2 Å². The maximum absolute atomic E-state index is 6.15. The Balaban J connectivity index is 2.09. The van der Waals surface area contributed by atoms with Crippen molar-refractivity contribution in [2.45, 2.75) is 38.0 Å². The predicted octanol–water partition coefficient (Wildman–Crippen LogP) is 3.66. The first kappa shape index (κ1) is 10.1. The van der Waals surface area contributed by atoms with E-state index in [1.165, 1.54) is 37.8 Å². The minimum atomic E-state index is 0.576. The van der Waals surface area contributed by atoms with Gasteiger partial charge in [-0.25, -0.2) is 4.98 Å². The Labute approximate surface area is 99.2 Å². The molecule has 3 rings (SSSR count). The molecule has 0 radical (unpaired) electrons. The van der Waals surface area contributed by atoms with Crippen LogP contribution in [0, 0.1) is 0 Å². The van der Waals surface area contributed by atoms with Crippen LogP contribution < -0.4 is 0 Å². The molecule has 2 heterocycles. The molecule has 1 N–H and O–H groups in total. The summed E-state index contributed by atoms with van der Waals surface area (Å²) >= 11 is 6.15. The van der Waals surface area contributed by atoms with Gasteiger partial charge in [0, 0.05) is 17.8 Å². The Kier molecular flexibility index (Phi) is 2.56. The normalized spacial score (nSPS) is 18.1. The largest absolute Gasteiger partial charge is 0.281 e. The summed E-state index contributed by atoms with van der Waals surface area (Å²) in [5.41, 5.74) is 2.12. The second kappa shape index (κ2) is 4.06. The average Bonchev–Trinajstić information content (AvgIpc) is 2.75. The number of fused-ring (bicyclic) bond motifs is 1. The van der Waals surface area contributed by atoms with Crippen molar-refractivity contribution in [2.75, 3.05) is 0 Å². The van der Waals surface area contributed by atoms with Gasteiger partial charge >= 0.3 is 0 Å². The molecule has 16 heavy (non-hydrogen) atoms. The van der Waals surface area contributed by atoms with Crippen LogP contribution in [-0.4, -0.2) is 15.2 Å². The highest BCUT2D eigenvalue weighted by atomic mass is 35.5. The van der Waals surface area contributed by atoms with Crippen LogP contribution in [0.5, 0.6) is 0 Å². The maximum atomic E-state index is 6.15. The topological polar surface area (TPSA) is 41.6 Å². The van der Waals surface area contributed by atoms with Gasteiger partial charge in [0.2, 0.25) is 0 Å². The van der Waals surface area contributed by atoms with Crippen molar-refractivity contribution in [1.82, 2.24) is 15.2 Å². The van der Waals surface area contributed by atoms with Gasteiger partial charge < -0.3 is 0 Å². The fourth-order valence-electron chi connectivity index (χ4n) is 2.63. The number of pyridine rings is 1. The van der Waals surface area contributed by atoms with Crippen LogP contribution in [0.3, 0.4) is 0 Å². The molecule has 0 spiro atoms. The van der Waals surface area contributed by atoms with Gasteiger partial charge in [-0.15, -0.1) is 0 Å². The molecule has 2 aromatic rings. The monoisotopic (exact) mass is 235 g/mol. The summed E-state index contributed by atoms with van der Waals surface area (Å²) in [5.74, 6) is 0.584. The van der Waals surface area contributed by atoms with E-state index in [0.29, 0.717) is 11.1 Å². The molecule has 0 saturated heterocycles. The average molecular weight is 236 g/mol. The molecule has 0 amide bonds. The summed E-state index contributed by atoms with van der Waals surface area (Å²) in [6.07, 6.45) is 8.15. The van der Waals surface area contributed by atoms with E-state index >= 15 is 0 Å². The highest BCUT2D eigenvalue weighted by molar-refractivity contribution is 6.34. The van der Waals surface area contributed by atoms with Gasteiger partial charge in [-0.3, -0.25) is 5.10 Å². The highest BCUT2D eigenvalue weighted by Crippen LogP contribution is 2.36. The minimum absolute atomic E-state index is 0.576. The van der Waals surface area contributed by atoms with Crippen molar-refractivity contribution >= 4 is 22.5 Å². The molecule has 0 unspecified atom stereocenters. The number of hydrogen-bond acceptors (Lipinski definition) is 2. The molecule has 0 aromatic carbocycles. The van der Waals surface area contributed by atoms with Crippen molar-refractivity contribution < 1.29 is 0 Å². The summed E-state index contributed by atoms with van der Waals surface area (Å²) in [6.45, 7) is 0. The maximum Gasteiger partial charge on any atom is 0.140 e. The number of nitrogens with one attached hydrogen (secondary N) is 1. The van der Waals surface area contributed by atoms with Crippen LogP contribution in [0.25, 0.3) is 10.9 Å². The van der Waals surface area contributed by atoms with E-state index in [1.54, 1.807) is 6.20 Å². The number of aromatic nitrogens is 3. The Morgan fingerprint density at radius 2 is 2.06 bits per heavy atom. The van der Waals surface area contributed by atoms with Gasteiger partial charge in [-0.1, -0.05) is 30.9 Å². The molecular formula is C12H14ClN3. The number of nitrogens with zero attached hydrogens (tertiary/aromatic N) is 2. The molecule has 0 aliphatic heterocycles. The van der Waals surface area contributed by atoms with Gasteiger partial charge in [0.1, 0.15) is 5.15 Å². The quantitative estimate of drug-likeness (QED) is 0.767. The molecule has 1 saturated carbocycles. The van der Waals surface area contributed by atoms with E-state index in [-0.39, 0.29) is 0 Å². The fourth-order valence-corrected chi connectivity index (χ4v) is 2.89. The van der Waals surface area contributed by atoms with Crippen LogP contribution in [0.4, 0.5) is 0 Å². The summed E-state index contributed by atoms with van der Waals surface area (Å²) < 4.78 is 0. The lowest BCUT2D eigenvalue weighted by atomic mass is 9.86. The molecule has 0 atom stereocenters. The standard InChI is InChI=1S/C12H14ClN3/c13-12-10-9(6-7-14-12)15-16-11(10)8-4-2-1-3-5-8/h6-8H,1-5H2,(H,15,16).